The monoisotopic (exact) mass is 482 g/mol. The third-order valence-electron chi connectivity index (χ3n) is 7.16. The highest BCUT2D eigenvalue weighted by Gasteiger charge is 2.32. The number of carbonyl (C=O) groups is 1. The Labute approximate surface area is 213 Å². The molecule has 0 fully saturated rings. The van der Waals surface area contributed by atoms with Gasteiger partial charge in [-0.05, 0) is 57.6 Å². The summed E-state index contributed by atoms with van der Waals surface area (Å²) in [6.07, 6.45) is 3.98. The van der Waals surface area contributed by atoms with Crippen LogP contribution < -0.4 is 0 Å². The molecule has 1 unspecified atom stereocenters. The zero-order chi connectivity index (χ0) is 24.1. The van der Waals surface area contributed by atoms with Gasteiger partial charge >= 0.3 is 0 Å². The van der Waals surface area contributed by atoms with Crippen molar-refractivity contribution in [1.82, 2.24) is 9.97 Å². The molecule has 6 aromatic rings. The number of benzene rings is 3. The van der Waals surface area contributed by atoms with E-state index in [2.05, 4.69) is 88.8 Å². The van der Waals surface area contributed by atoms with Crippen molar-refractivity contribution in [3.8, 4) is 32.0 Å². The van der Waals surface area contributed by atoms with Crippen LogP contribution in [0, 0.1) is 0 Å². The predicted octanol–water partition coefficient (Wildman–Crippen LogP) is 8.34. The van der Waals surface area contributed by atoms with Crippen LogP contribution in [0.25, 0.3) is 43.0 Å². The minimum Gasteiger partial charge on any atom is -0.346 e. The number of thiophene rings is 1. The van der Waals surface area contributed by atoms with Gasteiger partial charge in [-0.25, -0.2) is 4.98 Å². The summed E-state index contributed by atoms with van der Waals surface area (Å²) < 4.78 is 0. The molecule has 1 atom stereocenters. The van der Waals surface area contributed by atoms with E-state index in [4.69, 9.17) is 0 Å². The Balaban J connectivity index is 1.32. The van der Waals surface area contributed by atoms with Crippen LogP contribution in [0.1, 0.15) is 33.8 Å². The maximum Gasteiger partial charge on any atom is 0.164 e. The van der Waals surface area contributed by atoms with E-state index in [9.17, 15) is 4.79 Å². The molecule has 1 N–H and O–H groups in total. The second-order valence-electron chi connectivity index (χ2n) is 9.17. The van der Waals surface area contributed by atoms with Crippen LogP contribution >= 0.6 is 11.3 Å². The molecule has 172 valence electrons. The first kappa shape index (κ1) is 21.0. The first-order valence-electron chi connectivity index (χ1n) is 12.1. The lowest BCUT2D eigenvalue weighted by atomic mass is 9.89. The lowest BCUT2D eigenvalue weighted by molar-refractivity contribution is 0.0979. The van der Waals surface area contributed by atoms with Crippen molar-refractivity contribution in [2.45, 2.75) is 12.3 Å². The van der Waals surface area contributed by atoms with Gasteiger partial charge in [0.25, 0.3) is 0 Å². The average Bonchev–Trinajstić information content (AvgIpc) is 3.67. The second kappa shape index (κ2) is 8.43. The standard InChI is InChI=1S/C32H22N2OS/c35-28(22-15-17-33-32-25(22)16-18-34-32)19-27-21-9-4-5-10-23(21)31-24(27)11-6-12-26(31)30-14-13-29(36-30)20-7-2-1-3-8-20/h1-18,27H,19H2,(H,33,34). The summed E-state index contributed by atoms with van der Waals surface area (Å²) in [6, 6.07) is 33.8. The van der Waals surface area contributed by atoms with Crippen LogP contribution in [0.4, 0.5) is 0 Å². The van der Waals surface area contributed by atoms with E-state index in [1.54, 1.807) is 6.20 Å². The second-order valence-corrected chi connectivity index (χ2v) is 10.2. The van der Waals surface area contributed by atoms with Gasteiger partial charge < -0.3 is 4.98 Å². The summed E-state index contributed by atoms with van der Waals surface area (Å²) in [5.74, 6) is 0.168. The number of pyridine rings is 1. The van der Waals surface area contributed by atoms with Gasteiger partial charge in [-0.15, -0.1) is 11.3 Å². The van der Waals surface area contributed by atoms with Crippen molar-refractivity contribution in [3.63, 3.8) is 0 Å². The van der Waals surface area contributed by atoms with E-state index >= 15 is 0 Å². The van der Waals surface area contributed by atoms with Crippen molar-refractivity contribution >= 4 is 28.2 Å². The number of carbonyl (C=O) groups excluding carboxylic acids is 1. The molecule has 0 bridgehead atoms. The lowest BCUT2D eigenvalue weighted by Gasteiger charge is -2.14. The molecule has 1 aliphatic carbocycles. The first-order valence-corrected chi connectivity index (χ1v) is 12.9. The van der Waals surface area contributed by atoms with Crippen LogP contribution in [-0.4, -0.2) is 15.8 Å². The van der Waals surface area contributed by atoms with Crippen LogP contribution in [-0.2, 0) is 0 Å². The number of ketones is 1. The number of nitrogens with zero attached hydrogens (tertiary/aromatic N) is 1. The number of Topliss-reactive ketones (excluding diaryl/α,β-unsaturated/α-hetero) is 1. The number of aromatic amines is 1. The lowest BCUT2D eigenvalue weighted by Crippen LogP contribution is -2.07. The van der Waals surface area contributed by atoms with Gasteiger partial charge in [-0.3, -0.25) is 4.79 Å². The third kappa shape index (κ3) is 3.34. The van der Waals surface area contributed by atoms with Crippen LogP contribution in [0.5, 0.6) is 0 Å². The molecule has 0 spiro atoms. The van der Waals surface area contributed by atoms with E-state index < -0.39 is 0 Å². The summed E-state index contributed by atoms with van der Waals surface area (Å²) >= 11 is 1.82. The van der Waals surface area contributed by atoms with E-state index in [1.807, 2.05) is 35.7 Å². The fourth-order valence-corrected chi connectivity index (χ4v) is 6.57. The van der Waals surface area contributed by atoms with Gasteiger partial charge in [0.2, 0.25) is 0 Å². The topological polar surface area (TPSA) is 45.8 Å². The van der Waals surface area contributed by atoms with Gasteiger partial charge in [0.05, 0.1) is 0 Å². The summed E-state index contributed by atoms with van der Waals surface area (Å²) in [5.41, 5.74) is 8.91. The van der Waals surface area contributed by atoms with Crippen LogP contribution in [0.3, 0.4) is 0 Å². The minimum atomic E-state index is 0.0272. The SMILES string of the molecule is O=C(CC1c2ccccc2-c2c(-c3ccc(-c4ccccc4)s3)cccc21)c1ccnc2[nH]ccc12. The van der Waals surface area contributed by atoms with Crippen molar-refractivity contribution in [1.29, 1.82) is 0 Å². The summed E-state index contributed by atoms with van der Waals surface area (Å²) in [7, 11) is 0. The summed E-state index contributed by atoms with van der Waals surface area (Å²) in [5, 5.41) is 0.884. The Hall–Kier alpha value is -4.28. The molecule has 0 saturated carbocycles. The number of hydrogen-bond donors (Lipinski definition) is 1. The number of aromatic nitrogens is 2. The molecular formula is C32H22N2OS. The molecule has 7 rings (SSSR count). The molecule has 3 aromatic carbocycles. The van der Waals surface area contributed by atoms with E-state index in [0.717, 1.165) is 16.6 Å². The average molecular weight is 483 g/mol. The quantitative estimate of drug-likeness (QED) is 0.251. The zero-order valence-corrected chi connectivity index (χ0v) is 20.3. The van der Waals surface area contributed by atoms with E-state index in [-0.39, 0.29) is 11.7 Å². The summed E-state index contributed by atoms with van der Waals surface area (Å²) in [4.78, 5) is 23.6. The van der Waals surface area contributed by atoms with Gasteiger partial charge in [-0.1, -0.05) is 72.8 Å². The highest BCUT2D eigenvalue weighted by molar-refractivity contribution is 7.18. The smallest absolute Gasteiger partial charge is 0.164 e. The van der Waals surface area contributed by atoms with Gasteiger partial charge in [0.15, 0.2) is 5.78 Å². The van der Waals surface area contributed by atoms with Gasteiger partial charge in [0, 0.05) is 45.4 Å². The largest absolute Gasteiger partial charge is 0.346 e. The van der Waals surface area contributed by atoms with E-state index in [0.29, 0.717) is 6.42 Å². The molecular weight excluding hydrogens is 460 g/mol. The van der Waals surface area contributed by atoms with Crippen molar-refractivity contribution in [3.05, 3.63) is 126 Å². The maximum absolute atomic E-state index is 13.6. The first-order chi connectivity index (χ1) is 17.8. The van der Waals surface area contributed by atoms with Crippen molar-refractivity contribution < 1.29 is 4.79 Å². The predicted molar refractivity (Wildman–Crippen MR) is 148 cm³/mol. The molecule has 0 saturated heterocycles. The van der Waals surface area contributed by atoms with Crippen molar-refractivity contribution in [2.24, 2.45) is 0 Å². The number of nitrogens with one attached hydrogen (secondary N) is 1. The molecule has 3 aromatic heterocycles. The molecule has 1 aliphatic rings. The molecule has 0 aliphatic heterocycles. The number of hydrogen-bond acceptors (Lipinski definition) is 3. The molecule has 3 heterocycles. The molecule has 4 heteroatoms. The Bertz CT molecular complexity index is 1740. The Morgan fingerprint density at radius 2 is 1.56 bits per heavy atom. The third-order valence-corrected chi connectivity index (χ3v) is 8.33. The fraction of sp³-hybridized carbons (Fsp3) is 0.0625. The highest BCUT2D eigenvalue weighted by atomic mass is 32.1. The van der Waals surface area contributed by atoms with Crippen molar-refractivity contribution in [2.75, 3.05) is 0 Å². The Morgan fingerprint density at radius 3 is 2.47 bits per heavy atom. The number of rotatable bonds is 5. The molecule has 36 heavy (non-hydrogen) atoms. The fourth-order valence-electron chi connectivity index (χ4n) is 5.52. The van der Waals surface area contributed by atoms with Gasteiger partial charge in [0.1, 0.15) is 5.65 Å². The van der Waals surface area contributed by atoms with E-state index in [1.165, 1.54) is 43.1 Å². The normalized spacial score (nSPS) is 14.1. The summed E-state index contributed by atoms with van der Waals surface area (Å²) in [6.45, 7) is 0. The maximum atomic E-state index is 13.6. The van der Waals surface area contributed by atoms with Gasteiger partial charge in [-0.2, -0.15) is 0 Å². The molecule has 0 amide bonds. The van der Waals surface area contributed by atoms with Crippen LogP contribution in [0.15, 0.2) is 109 Å². The van der Waals surface area contributed by atoms with Crippen LogP contribution in [0.2, 0.25) is 0 Å². The number of H-pyrrole nitrogens is 1. The minimum absolute atomic E-state index is 0.0272. The zero-order valence-electron chi connectivity index (χ0n) is 19.4. The molecule has 3 nitrogen and oxygen atoms in total. The highest BCUT2D eigenvalue weighted by Crippen LogP contribution is 2.51. The Kier molecular flexibility index (Phi) is 4.93. The number of fused-ring (bicyclic) bond motifs is 4. The Morgan fingerprint density at radius 1 is 0.778 bits per heavy atom. The molecule has 0 radical (unpaired) electrons.